The summed E-state index contributed by atoms with van der Waals surface area (Å²) in [6, 6.07) is 81.0. The molecule has 0 saturated heterocycles. The maximum absolute atomic E-state index is 6.87. The molecule has 0 N–H and O–H groups in total. The molecule has 0 aliphatic heterocycles. The molecule has 12 aromatic rings. The lowest BCUT2D eigenvalue weighted by Gasteiger charge is -2.28. The molecular weight excluding hydrogens is 759 g/mol. The molecule has 0 atom stereocenters. The predicted molar refractivity (Wildman–Crippen MR) is 261 cm³/mol. The third kappa shape index (κ3) is 6.01. The largest absolute Gasteiger partial charge is 0.455 e. The van der Waals surface area contributed by atoms with Gasteiger partial charge in [-0.2, -0.15) is 0 Å². The molecule has 0 radical (unpaired) electrons. The minimum Gasteiger partial charge on any atom is -0.455 e. The highest BCUT2D eigenvalue weighted by Crippen LogP contribution is 2.47. The van der Waals surface area contributed by atoms with E-state index in [1.54, 1.807) is 0 Å². The Bertz CT molecular complexity index is 3570. The lowest BCUT2D eigenvalue weighted by Crippen LogP contribution is -2.10. The van der Waals surface area contributed by atoms with E-state index in [-0.39, 0.29) is 0 Å². The molecule has 0 amide bonds. The molecule has 10 aromatic carbocycles. The third-order valence-corrected chi connectivity index (χ3v) is 13.3. The SMILES string of the molecule is c1ccc(-c2ccc(N(c3cccc(-c4ccccc4)c3)c3cc4c(oc5cccc(-c6ccc(-c7cccc8c7sc7ccccc78)cc6)c54)c4ccccc34)cc2)cc1. The molecule has 0 unspecified atom stereocenters. The van der Waals surface area contributed by atoms with Crippen molar-refractivity contribution in [2.45, 2.75) is 0 Å². The fourth-order valence-electron chi connectivity index (χ4n) is 9.17. The molecule has 3 heteroatoms. The molecule has 2 heterocycles. The van der Waals surface area contributed by atoms with Gasteiger partial charge in [-0.25, -0.2) is 0 Å². The van der Waals surface area contributed by atoms with Crippen molar-refractivity contribution in [1.82, 2.24) is 0 Å². The van der Waals surface area contributed by atoms with Crippen molar-refractivity contribution in [3.63, 3.8) is 0 Å². The van der Waals surface area contributed by atoms with E-state index in [2.05, 4.69) is 229 Å². The van der Waals surface area contributed by atoms with Crippen LogP contribution in [0.5, 0.6) is 0 Å². The van der Waals surface area contributed by atoms with Crippen LogP contribution in [0.1, 0.15) is 0 Å². The average Bonchev–Trinajstić information content (AvgIpc) is 3.92. The van der Waals surface area contributed by atoms with Crippen LogP contribution in [0, 0.1) is 0 Å². The monoisotopic (exact) mass is 795 g/mol. The lowest BCUT2D eigenvalue weighted by atomic mass is 9.95. The zero-order chi connectivity index (χ0) is 40.3. The van der Waals surface area contributed by atoms with Gasteiger partial charge in [0, 0.05) is 53.1 Å². The fraction of sp³-hybridized carbons (Fsp3) is 0. The van der Waals surface area contributed by atoms with Crippen LogP contribution >= 0.6 is 11.3 Å². The first-order chi connectivity index (χ1) is 30.2. The van der Waals surface area contributed by atoms with Crippen LogP contribution in [-0.2, 0) is 0 Å². The van der Waals surface area contributed by atoms with E-state index in [0.717, 1.165) is 66.5 Å². The number of hydrogen-bond donors (Lipinski definition) is 0. The van der Waals surface area contributed by atoms with Crippen molar-refractivity contribution in [2.75, 3.05) is 4.90 Å². The van der Waals surface area contributed by atoms with Crippen LogP contribution in [0.25, 0.3) is 97.4 Å². The first kappa shape index (κ1) is 35.2. The highest BCUT2D eigenvalue weighted by Gasteiger charge is 2.22. The van der Waals surface area contributed by atoms with E-state index < -0.39 is 0 Å². The average molecular weight is 796 g/mol. The Kier molecular flexibility index (Phi) is 8.39. The quantitative estimate of drug-likeness (QED) is 0.160. The Balaban J connectivity index is 1.04. The number of furan rings is 1. The minimum atomic E-state index is 0.874. The maximum Gasteiger partial charge on any atom is 0.143 e. The number of anilines is 3. The Morgan fingerprint density at radius 3 is 1.67 bits per heavy atom. The predicted octanol–water partition coefficient (Wildman–Crippen LogP) is 17.2. The van der Waals surface area contributed by atoms with Crippen LogP contribution < -0.4 is 4.90 Å². The van der Waals surface area contributed by atoms with Gasteiger partial charge in [-0.15, -0.1) is 11.3 Å². The number of thiophene rings is 1. The highest BCUT2D eigenvalue weighted by molar-refractivity contribution is 7.26. The summed E-state index contributed by atoms with van der Waals surface area (Å²) in [4.78, 5) is 2.41. The van der Waals surface area contributed by atoms with Crippen molar-refractivity contribution < 1.29 is 4.42 Å². The molecule has 2 aromatic heterocycles. The van der Waals surface area contributed by atoms with Gasteiger partial charge in [-0.05, 0) is 87.0 Å². The number of hydrogen-bond acceptors (Lipinski definition) is 3. The zero-order valence-electron chi connectivity index (χ0n) is 33.1. The molecule has 0 aliphatic carbocycles. The summed E-state index contributed by atoms with van der Waals surface area (Å²) in [5.41, 5.74) is 14.5. The van der Waals surface area contributed by atoms with Crippen molar-refractivity contribution in [1.29, 1.82) is 0 Å². The number of benzene rings is 10. The second-order valence-corrected chi connectivity index (χ2v) is 16.7. The summed E-state index contributed by atoms with van der Waals surface area (Å²) >= 11 is 1.87. The van der Waals surface area contributed by atoms with Crippen LogP contribution in [0.2, 0.25) is 0 Å². The Morgan fingerprint density at radius 1 is 0.344 bits per heavy atom. The standard InChI is InChI=1S/C58H37NOS/c1-3-14-38(15-4-1)40-32-34-44(35-33-40)59(45-19-11-18-43(36-45)39-16-5-2-6-17-39)53-37-52-56-46(23-13-26-54(56)60-57(52)50-22-8-7-20-48(50)53)41-28-30-42(31-29-41)47-24-12-25-51-49-21-9-10-27-55(49)61-58(47)51/h1-37H. The van der Waals surface area contributed by atoms with Gasteiger partial charge < -0.3 is 9.32 Å². The molecule has 0 fully saturated rings. The molecule has 286 valence electrons. The number of rotatable bonds is 7. The second-order valence-electron chi connectivity index (χ2n) is 15.6. The summed E-state index contributed by atoms with van der Waals surface area (Å²) in [5, 5.41) is 7.03. The van der Waals surface area contributed by atoms with E-state index in [0.29, 0.717) is 0 Å². The zero-order valence-corrected chi connectivity index (χ0v) is 33.9. The van der Waals surface area contributed by atoms with Crippen LogP contribution in [0.15, 0.2) is 229 Å². The molecule has 0 saturated carbocycles. The summed E-state index contributed by atoms with van der Waals surface area (Å²) < 4.78 is 9.51. The van der Waals surface area contributed by atoms with Crippen molar-refractivity contribution in [3.8, 4) is 44.5 Å². The van der Waals surface area contributed by atoms with Gasteiger partial charge >= 0.3 is 0 Å². The van der Waals surface area contributed by atoms with Crippen molar-refractivity contribution >= 4 is 81.3 Å². The second kappa shape index (κ2) is 14.5. The minimum absolute atomic E-state index is 0.874. The Morgan fingerprint density at radius 2 is 0.902 bits per heavy atom. The van der Waals surface area contributed by atoms with Crippen LogP contribution in [0.3, 0.4) is 0 Å². The van der Waals surface area contributed by atoms with Gasteiger partial charge in [0.2, 0.25) is 0 Å². The van der Waals surface area contributed by atoms with Crippen molar-refractivity contribution in [2.24, 2.45) is 0 Å². The van der Waals surface area contributed by atoms with Gasteiger partial charge in [-0.3, -0.25) is 0 Å². The first-order valence-electron chi connectivity index (χ1n) is 20.7. The summed E-state index contributed by atoms with van der Waals surface area (Å²) in [6.07, 6.45) is 0. The van der Waals surface area contributed by atoms with Crippen LogP contribution in [-0.4, -0.2) is 0 Å². The Hall–Kier alpha value is -7.72. The fourth-order valence-corrected chi connectivity index (χ4v) is 10.4. The van der Waals surface area contributed by atoms with Crippen LogP contribution in [0.4, 0.5) is 17.1 Å². The smallest absolute Gasteiger partial charge is 0.143 e. The molecule has 61 heavy (non-hydrogen) atoms. The van der Waals surface area contributed by atoms with Gasteiger partial charge in [0.1, 0.15) is 11.2 Å². The van der Waals surface area contributed by atoms with E-state index in [1.165, 1.54) is 48.0 Å². The van der Waals surface area contributed by atoms with E-state index >= 15 is 0 Å². The van der Waals surface area contributed by atoms with Crippen molar-refractivity contribution in [3.05, 3.63) is 224 Å². The summed E-state index contributed by atoms with van der Waals surface area (Å²) in [6.45, 7) is 0. The molecule has 0 bridgehead atoms. The molecular formula is C58H37NOS. The first-order valence-corrected chi connectivity index (χ1v) is 21.6. The normalized spacial score (nSPS) is 11.6. The Labute approximate surface area is 357 Å². The maximum atomic E-state index is 6.87. The van der Waals surface area contributed by atoms with Gasteiger partial charge in [0.25, 0.3) is 0 Å². The molecule has 2 nitrogen and oxygen atoms in total. The van der Waals surface area contributed by atoms with Gasteiger partial charge in [0.15, 0.2) is 0 Å². The summed E-state index contributed by atoms with van der Waals surface area (Å²) in [5.74, 6) is 0. The highest BCUT2D eigenvalue weighted by atomic mass is 32.1. The van der Waals surface area contributed by atoms with E-state index in [4.69, 9.17) is 4.42 Å². The van der Waals surface area contributed by atoms with Gasteiger partial charge in [0.05, 0.1) is 5.69 Å². The van der Waals surface area contributed by atoms with Gasteiger partial charge in [-0.1, -0.05) is 182 Å². The summed E-state index contributed by atoms with van der Waals surface area (Å²) in [7, 11) is 0. The van der Waals surface area contributed by atoms with E-state index in [9.17, 15) is 0 Å². The molecule has 0 aliphatic rings. The number of nitrogens with zero attached hydrogens (tertiary/aromatic N) is 1. The molecule has 0 spiro atoms. The molecule has 12 rings (SSSR count). The topological polar surface area (TPSA) is 16.4 Å². The lowest BCUT2D eigenvalue weighted by molar-refractivity contribution is 0.673. The number of fused-ring (bicyclic) bond motifs is 8. The third-order valence-electron chi connectivity index (χ3n) is 12.1. The van der Waals surface area contributed by atoms with E-state index in [1.807, 2.05) is 11.3 Å².